The lowest BCUT2D eigenvalue weighted by Crippen LogP contribution is -2.09. The molecule has 6 heteroatoms. The quantitative estimate of drug-likeness (QED) is 0.859. The number of rotatable bonds is 2. The van der Waals surface area contributed by atoms with E-state index >= 15 is 0 Å². The first-order chi connectivity index (χ1) is 8.11. The van der Waals surface area contributed by atoms with Crippen molar-refractivity contribution in [1.29, 1.82) is 0 Å². The van der Waals surface area contributed by atoms with Crippen LogP contribution >= 0.6 is 15.9 Å². The number of aromatic amines is 1. The zero-order valence-electron chi connectivity index (χ0n) is 8.99. The number of hydrogen-bond donors (Lipinski definition) is 1. The van der Waals surface area contributed by atoms with E-state index in [0.29, 0.717) is 27.7 Å². The molecule has 0 atom stereocenters. The Morgan fingerprint density at radius 3 is 3.00 bits per heavy atom. The molecule has 0 aliphatic heterocycles. The third kappa shape index (κ3) is 2.36. The van der Waals surface area contributed by atoms with Crippen LogP contribution in [-0.4, -0.2) is 22.5 Å². The van der Waals surface area contributed by atoms with Gasteiger partial charge in [-0.2, -0.15) is 0 Å². The number of ether oxygens (including phenoxy) is 1. The molecule has 0 saturated carbocycles. The molecule has 0 aliphatic carbocycles. The fraction of sp³-hybridized carbons (Fsp3) is 0.182. The highest BCUT2D eigenvalue weighted by molar-refractivity contribution is 9.10. The van der Waals surface area contributed by atoms with Crippen LogP contribution in [0.2, 0.25) is 0 Å². The molecule has 88 valence electrons. The highest BCUT2D eigenvalue weighted by atomic mass is 79.9. The molecule has 0 aliphatic rings. The Balaban J connectivity index is 2.54. The van der Waals surface area contributed by atoms with Crippen LogP contribution in [0, 0.1) is 0 Å². The second-order valence-electron chi connectivity index (χ2n) is 3.32. The van der Waals surface area contributed by atoms with E-state index in [2.05, 4.69) is 25.9 Å². The van der Waals surface area contributed by atoms with Gasteiger partial charge in [-0.05, 0) is 35.0 Å². The summed E-state index contributed by atoms with van der Waals surface area (Å²) in [4.78, 5) is 29.6. The first-order valence-electron chi connectivity index (χ1n) is 4.97. The standard InChI is InChI=1S/C11H9BrN2O3/c1-2-17-11(16)6-3-9-8(13-5-6)4-7(12)10(15)14-9/h3-5H,2H2,1H3,(H,14,15). The third-order valence-corrected chi connectivity index (χ3v) is 2.75. The monoisotopic (exact) mass is 296 g/mol. The molecule has 0 saturated heterocycles. The second-order valence-corrected chi connectivity index (χ2v) is 4.18. The molecular formula is C11H9BrN2O3. The number of carbonyl (C=O) groups is 1. The average Bonchev–Trinajstić information content (AvgIpc) is 2.30. The van der Waals surface area contributed by atoms with Crippen LogP contribution in [0.5, 0.6) is 0 Å². The second kappa shape index (κ2) is 4.67. The molecular weight excluding hydrogens is 288 g/mol. The minimum atomic E-state index is -0.453. The molecule has 0 spiro atoms. The van der Waals surface area contributed by atoms with Crippen LogP contribution in [0.25, 0.3) is 11.0 Å². The van der Waals surface area contributed by atoms with E-state index in [1.807, 2.05) is 0 Å². The van der Waals surface area contributed by atoms with E-state index in [4.69, 9.17) is 4.74 Å². The van der Waals surface area contributed by atoms with Crippen molar-refractivity contribution in [1.82, 2.24) is 9.97 Å². The lowest BCUT2D eigenvalue weighted by Gasteiger charge is -2.03. The zero-order chi connectivity index (χ0) is 12.4. The molecule has 0 fully saturated rings. The molecule has 2 heterocycles. The van der Waals surface area contributed by atoms with Gasteiger partial charge in [-0.15, -0.1) is 0 Å². The number of aromatic nitrogens is 2. The summed E-state index contributed by atoms with van der Waals surface area (Å²) in [6.07, 6.45) is 1.42. The van der Waals surface area contributed by atoms with Gasteiger partial charge in [-0.25, -0.2) is 4.79 Å². The van der Waals surface area contributed by atoms with Crippen LogP contribution in [0.3, 0.4) is 0 Å². The summed E-state index contributed by atoms with van der Waals surface area (Å²) in [7, 11) is 0. The summed E-state index contributed by atoms with van der Waals surface area (Å²) in [6.45, 7) is 2.03. The number of pyridine rings is 2. The van der Waals surface area contributed by atoms with Crippen molar-refractivity contribution in [2.75, 3.05) is 6.61 Å². The third-order valence-electron chi connectivity index (χ3n) is 2.16. The van der Waals surface area contributed by atoms with Gasteiger partial charge in [0.05, 0.1) is 27.7 Å². The lowest BCUT2D eigenvalue weighted by molar-refractivity contribution is 0.0526. The summed E-state index contributed by atoms with van der Waals surface area (Å²) in [6, 6.07) is 3.15. The molecule has 1 N–H and O–H groups in total. The number of H-pyrrole nitrogens is 1. The highest BCUT2D eigenvalue weighted by Gasteiger charge is 2.09. The summed E-state index contributed by atoms with van der Waals surface area (Å²) in [5.41, 5.74) is 1.16. The molecule has 2 rings (SSSR count). The predicted molar refractivity (Wildman–Crippen MR) is 66.0 cm³/mol. The van der Waals surface area contributed by atoms with Gasteiger partial charge in [0.25, 0.3) is 5.56 Å². The summed E-state index contributed by atoms with van der Waals surface area (Å²) in [5, 5.41) is 0. The molecule has 5 nitrogen and oxygen atoms in total. The Kier molecular flexibility index (Phi) is 3.23. The van der Waals surface area contributed by atoms with Gasteiger partial charge in [0.2, 0.25) is 0 Å². The van der Waals surface area contributed by atoms with Crippen molar-refractivity contribution in [2.45, 2.75) is 6.92 Å². The maximum Gasteiger partial charge on any atom is 0.339 e. The summed E-state index contributed by atoms with van der Waals surface area (Å²) >= 11 is 3.11. The number of halogens is 1. The van der Waals surface area contributed by atoms with Crippen molar-refractivity contribution in [3.05, 3.63) is 38.7 Å². The SMILES string of the molecule is CCOC(=O)c1cnc2cc(Br)c(=O)[nH]c2c1. The Morgan fingerprint density at radius 1 is 1.53 bits per heavy atom. The molecule has 0 bridgehead atoms. The number of carbonyl (C=O) groups excluding carboxylic acids is 1. The minimum absolute atomic E-state index is 0.264. The van der Waals surface area contributed by atoms with Crippen LogP contribution < -0.4 is 5.56 Å². The van der Waals surface area contributed by atoms with E-state index in [1.165, 1.54) is 6.20 Å². The molecule has 0 unspecified atom stereocenters. The minimum Gasteiger partial charge on any atom is -0.462 e. The Bertz CT molecular complexity index is 636. The predicted octanol–water partition coefficient (Wildman–Crippen LogP) is 1.86. The topological polar surface area (TPSA) is 72.0 Å². The van der Waals surface area contributed by atoms with E-state index in [0.717, 1.165) is 0 Å². The van der Waals surface area contributed by atoms with Crippen LogP contribution in [0.4, 0.5) is 0 Å². The number of fused-ring (bicyclic) bond motifs is 1. The van der Waals surface area contributed by atoms with Gasteiger partial charge in [-0.3, -0.25) is 9.78 Å². The van der Waals surface area contributed by atoms with Gasteiger partial charge in [0.1, 0.15) is 0 Å². The van der Waals surface area contributed by atoms with Gasteiger partial charge < -0.3 is 9.72 Å². The van der Waals surface area contributed by atoms with E-state index in [9.17, 15) is 9.59 Å². The number of nitrogens with zero attached hydrogens (tertiary/aromatic N) is 1. The summed E-state index contributed by atoms with van der Waals surface area (Å²) in [5.74, 6) is -0.453. The molecule has 0 aromatic carbocycles. The first kappa shape index (κ1) is 11.8. The van der Waals surface area contributed by atoms with Gasteiger partial charge in [-0.1, -0.05) is 0 Å². The van der Waals surface area contributed by atoms with Crippen LogP contribution in [0.15, 0.2) is 27.6 Å². The van der Waals surface area contributed by atoms with Crippen molar-refractivity contribution < 1.29 is 9.53 Å². The van der Waals surface area contributed by atoms with Gasteiger partial charge in [0.15, 0.2) is 0 Å². The van der Waals surface area contributed by atoms with E-state index in [1.54, 1.807) is 19.1 Å². The fourth-order valence-electron chi connectivity index (χ4n) is 1.38. The highest BCUT2D eigenvalue weighted by Crippen LogP contribution is 2.13. The van der Waals surface area contributed by atoms with Gasteiger partial charge in [0, 0.05) is 6.20 Å². The molecule has 0 amide bonds. The lowest BCUT2D eigenvalue weighted by atomic mass is 10.2. The van der Waals surface area contributed by atoms with Gasteiger partial charge >= 0.3 is 5.97 Å². The fourth-order valence-corrected chi connectivity index (χ4v) is 1.70. The maximum atomic E-state index is 11.5. The van der Waals surface area contributed by atoms with Crippen molar-refractivity contribution >= 4 is 32.9 Å². The smallest absolute Gasteiger partial charge is 0.339 e. The zero-order valence-corrected chi connectivity index (χ0v) is 10.6. The normalized spacial score (nSPS) is 10.5. The molecule has 0 radical (unpaired) electrons. The van der Waals surface area contributed by atoms with Crippen molar-refractivity contribution in [3.63, 3.8) is 0 Å². The van der Waals surface area contributed by atoms with Crippen molar-refractivity contribution in [2.24, 2.45) is 0 Å². The molecule has 2 aromatic heterocycles. The number of hydrogen-bond acceptors (Lipinski definition) is 4. The largest absolute Gasteiger partial charge is 0.462 e. The number of esters is 1. The van der Waals surface area contributed by atoms with Crippen molar-refractivity contribution in [3.8, 4) is 0 Å². The first-order valence-corrected chi connectivity index (χ1v) is 5.77. The Labute approximate surface area is 105 Å². The molecule has 17 heavy (non-hydrogen) atoms. The maximum absolute atomic E-state index is 11.5. The van der Waals surface area contributed by atoms with E-state index < -0.39 is 5.97 Å². The molecule has 2 aromatic rings. The van der Waals surface area contributed by atoms with E-state index in [-0.39, 0.29) is 5.56 Å². The summed E-state index contributed by atoms with van der Waals surface area (Å²) < 4.78 is 5.25. The average molecular weight is 297 g/mol. The Morgan fingerprint density at radius 2 is 2.29 bits per heavy atom. The van der Waals surface area contributed by atoms with Crippen LogP contribution in [-0.2, 0) is 4.74 Å². The number of nitrogens with one attached hydrogen (secondary N) is 1. The Hall–Kier alpha value is -1.69. The van der Waals surface area contributed by atoms with Crippen LogP contribution in [0.1, 0.15) is 17.3 Å².